The van der Waals surface area contributed by atoms with Gasteiger partial charge in [0.15, 0.2) is 23.1 Å². The van der Waals surface area contributed by atoms with Crippen LogP contribution in [-0.4, -0.2) is 164 Å². The molecular formula is C56H93FN12O16. The maximum Gasteiger partial charge on any atom is 0.305 e. The normalized spacial score (nSPS) is 14.1. The molecule has 0 aliphatic heterocycles. The molecule has 1 aromatic heterocycles. The van der Waals surface area contributed by atoms with Crippen molar-refractivity contribution in [1.82, 2.24) is 36.3 Å². The molecule has 17 N–H and O–H groups in total. The highest BCUT2D eigenvalue weighted by molar-refractivity contribution is 5.99. The number of carboxylic acid groups (broad SMARTS) is 3. The molecule has 0 aliphatic rings. The van der Waals surface area contributed by atoms with Gasteiger partial charge in [-0.2, -0.15) is 0 Å². The fourth-order valence-electron chi connectivity index (χ4n) is 9.41. The van der Waals surface area contributed by atoms with E-state index < -0.39 is 188 Å². The number of carbonyl (C=O) groups is 13. The SMILES string of the molecule is CC(C)[C@H](CC(=O)[C@H](CCC(=O)O)NC(=O)[C@H](CC(=O)O)CC(=O)CCc1cn(CCF)nn1)C(=O)N[C@@H](CC(=O)O)C(=O)CCC(=O)N[C@@H](CCCCN)C(=O)C[C@@H](CCCCN)C(=O)N[C@@H](CCCCN)C(=O)C[C@@H](CCCCN)C(N)=O. The Kier molecular flexibility index (Phi) is 38.3. The highest BCUT2D eigenvalue weighted by Crippen LogP contribution is 2.23. The molecule has 1 aromatic rings. The average molecular weight is 1210 g/mol. The predicted molar refractivity (Wildman–Crippen MR) is 306 cm³/mol. The minimum atomic E-state index is -1.74. The van der Waals surface area contributed by atoms with E-state index in [1.807, 2.05) is 0 Å². The first-order valence-corrected chi connectivity index (χ1v) is 29.3. The van der Waals surface area contributed by atoms with Gasteiger partial charge in [-0.3, -0.25) is 62.3 Å². The Morgan fingerprint density at radius 1 is 0.506 bits per heavy atom. The van der Waals surface area contributed by atoms with Crippen LogP contribution < -0.4 is 49.9 Å². The van der Waals surface area contributed by atoms with Gasteiger partial charge in [0.1, 0.15) is 12.5 Å². The number of carbonyl (C=O) groups excluding carboxylic acids is 10. The molecular weight excluding hydrogens is 1120 g/mol. The fourth-order valence-corrected chi connectivity index (χ4v) is 9.41. The van der Waals surface area contributed by atoms with E-state index in [0.29, 0.717) is 76.6 Å². The van der Waals surface area contributed by atoms with E-state index in [1.165, 1.54) is 24.7 Å². The number of aromatic nitrogens is 3. The molecule has 1 rings (SSSR count). The Labute approximate surface area is 494 Å². The molecule has 0 bridgehead atoms. The second-order valence-corrected chi connectivity index (χ2v) is 21.8. The maximum atomic E-state index is 14.1. The number of alkyl halides is 1. The van der Waals surface area contributed by atoms with Gasteiger partial charge in [0.05, 0.1) is 55.2 Å². The second kappa shape index (κ2) is 42.8. The number of aryl methyl sites for hydroxylation is 2. The first-order chi connectivity index (χ1) is 40.3. The minimum absolute atomic E-state index is 0.0335. The van der Waals surface area contributed by atoms with Gasteiger partial charge >= 0.3 is 17.9 Å². The molecule has 0 saturated heterocycles. The molecule has 85 heavy (non-hydrogen) atoms. The van der Waals surface area contributed by atoms with Crippen molar-refractivity contribution in [3.05, 3.63) is 11.9 Å². The lowest BCUT2D eigenvalue weighted by molar-refractivity contribution is -0.143. The summed E-state index contributed by atoms with van der Waals surface area (Å²) in [6, 6.07) is -5.56. The average Bonchev–Trinajstić information content (AvgIpc) is 4.08. The smallest absolute Gasteiger partial charge is 0.305 e. The van der Waals surface area contributed by atoms with Crippen LogP contribution in [0.5, 0.6) is 0 Å². The number of aliphatic carboxylic acids is 3. The second-order valence-electron chi connectivity index (χ2n) is 21.8. The van der Waals surface area contributed by atoms with E-state index in [0.717, 1.165) is 0 Å². The third-order valence-corrected chi connectivity index (χ3v) is 14.4. The number of ketones is 5. The molecule has 0 saturated carbocycles. The lowest BCUT2D eigenvalue weighted by atomic mass is 9.86. The summed E-state index contributed by atoms with van der Waals surface area (Å²) in [6.07, 6.45) is -0.117. The third-order valence-electron chi connectivity index (χ3n) is 14.4. The number of nitrogens with zero attached hydrogens (tertiary/aromatic N) is 3. The highest BCUT2D eigenvalue weighted by Gasteiger charge is 2.36. The molecule has 0 fully saturated rings. The Bertz CT molecular complexity index is 2350. The molecule has 28 nitrogen and oxygen atoms in total. The summed E-state index contributed by atoms with van der Waals surface area (Å²) >= 11 is 0. The Morgan fingerprint density at radius 2 is 0.988 bits per heavy atom. The predicted octanol–water partition coefficient (Wildman–Crippen LogP) is 0.242. The van der Waals surface area contributed by atoms with Crippen molar-refractivity contribution >= 4 is 76.4 Å². The number of unbranched alkanes of at least 4 members (excludes halogenated alkanes) is 4. The van der Waals surface area contributed by atoms with E-state index in [4.69, 9.17) is 28.7 Å². The number of hydrogen-bond acceptors (Lipinski definition) is 19. The van der Waals surface area contributed by atoms with Crippen LogP contribution in [-0.2, 0) is 75.3 Å². The zero-order valence-electron chi connectivity index (χ0n) is 49.2. The standard InChI is InChI=1S/C56H93FN12O16/c1-34(2)40(31-48(74)43(17-20-50(76)77)65-55(84)37(30-51(78)79)27-39(70)16-15-38-33-69(26-21-57)68-67-38)56(85)66-44(32-52(80)81)45(71)18-19-49(75)63-41(13-5-9-24-60)47(73)29-36(12-4-8-23-59)54(83)64-42(14-6-10-25-61)46(72)28-35(53(62)82)11-3-7-22-58/h33-37,40-44H,3-32,58-61H2,1-2H3,(H2,62,82)(H,63,75)(H,64,83)(H,65,84)(H,66,85)(H,76,77)(H,78,79)(H,80,81)/t35-,36-,37+,40+,41+,42+,43+,44+/m1/s1. The van der Waals surface area contributed by atoms with Gasteiger partial charge in [-0.25, -0.2) is 9.07 Å². The van der Waals surface area contributed by atoms with Crippen LogP contribution in [0.4, 0.5) is 4.39 Å². The summed E-state index contributed by atoms with van der Waals surface area (Å²) in [6.45, 7) is 3.52. The van der Waals surface area contributed by atoms with Gasteiger partial charge in [0.2, 0.25) is 29.5 Å². The minimum Gasteiger partial charge on any atom is -0.481 e. The van der Waals surface area contributed by atoms with E-state index in [2.05, 4.69) is 31.6 Å². The van der Waals surface area contributed by atoms with Crippen molar-refractivity contribution < 1.29 is 82.0 Å². The van der Waals surface area contributed by atoms with E-state index in [9.17, 15) is 82.0 Å². The van der Waals surface area contributed by atoms with Gasteiger partial charge < -0.3 is 65.3 Å². The molecule has 0 unspecified atom stereocenters. The number of carboxylic acids is 3. The van der Waals surface area contributed by atoms with Crippen molar-refractivity contribution in [1.29, 1.82) is 0 Å². The maximum absolute atomic E-state index is 14.1. The monoisotopic (exact) mass is 1210 g/mol. The number of primary amides is 1. The van der Waals surface area contributed by atoms with Crippen LogP contribution in [0.2, 0.25) is 0 Å². The largest absolute Gasteiger partial charge is 0.481 e. The van der Waals surface area contributed by atoms with Crippen molar-refractivity contribution in [2.45, 2.75) is 199 Å². The number of rotatable bonds is 52. The number of hydrogen-bond donors (Lipinski definition) is 12. The van der Waals surface area contributed by atoms with Crippen LogP contribution in [0.15, 0.2) is 6.20 Å². The summed E-state index contributed by atoms with van der Waals surface area (Å²) in [5.74, 6) is -17.1. The molecule has 0 aliphatic carbocycles. The quantitative estimate of drug-likeness (QED) is 0.0389. The first-order valence-electron chi connectivity index (χ1n) is 29.3. The number of amides is 5. The van der Waals surface area contributed by atoms with Gasteiger partial charge in [-0.15, -0.1) is 5.10 Å². The lowest BCUT2D eigenvalue weighted by Crippen LogP contribution is -2.49. The van der Waals surface area contributed by atoms with Gasteiger partial charge in [0.25, 0.3) is 0 Å². The van der Waals surface area contributed by atoms with Crippen LogP contribution in [0, 0.1) is 29.6 Å². The molecule has 0 spiro atoms. The van der Waals surface area contributed by atoms with Gasteiger partial charge in [-0.05, 0) is 109 Å². The topological polar surface area (TPSA) is 492 Å². The summed E-state index contributed by atoms with van der Waals surface area (Å²) in [5.41, 5.74) is 28.8. The van der Waals surface area contributed by atoms with Crippen LogP contribution in [0.1, 0.15) is 167 Å². The summed E-state index contributed by atoms with van der Waals surface area (Å²) < 4.78 is 13.9. The summed E-state index contributed by atoms with van der Waals surface area (Å²) in [7, 11) is 0. The zero-order chi connectivity index (χ0) is 64.0. The van der Waals surface area contributed by atoms with E-state index >= 15 is 0 Å². The number of halogens is 1. The molecule has 8 atom stereocenters. The Hall–Kier alpha value is -6.98. The lowest BCUT2D eigenvalue weighted by Gasteiger charge is -2.26. The van der Waals surface area contributed by atoms with Crippen molar-refractivity contribution in [3.8, 4) is 0 Å². The van der Waals surface area contributed by atoms with E-state index in [-0.39, 0.29) is 64.6 Å². The van der Waals surface area contributed by atoms with Crippen LogP contribution in [0.3, 0.4) is 0 Å². The van der Waals surface area contributed by atoms with Crippen LogP contribution in [0.25, 0.3) is 0 Å². The Balaban J connectivity index is 3.30. The molecule has 29 heteroatoms. The van der Waals surface area contributed by atoms with Gasteiger partial charge in [-0.1, -0.05) is 31.9 Å². The number of Topliss-reactive ketones (excluding diaryl/α,β-unsaturated/α-hetero) is 5. The number of nitrogens with one attached hydrogen (secondary N) is 4. The fraction of sp³-hybridized carbons (Fsp3) is 0.732. The summed E-state index contributed by atoms with van der Waals surface area (Å²) in [5, 5.41) is 46.6. The molecule has 1 heterocycles. The van der Waals surface area contributed by atoms with Crippen molar-refractivity contribution in [3.63, 3.8) is 0 Å². The van der Waals surface area contributed by atoms with Crippen molar-refractivity contribution in [2.75, 3.05) is 32.9 Å². The number of nitrogens with two attached hydrogens (primary N) is 5. The third kappa shape index (κ3) is 32.2. The highest BCUT2D eigenvalue weighted by atomic mass is 19.1. The molecule has 5 amide bonds. The molecule has 0 aromatic carbocycles. The summed E-state index contributed by atoms with van der Waals surface area (Å²) in [4.78, 5) is 171. The Morgan fingerprint density at radius 3 is 1.49 bits per heavy atom. The van der Waals surface area contributed by atoms with Gasteiger partial charge in [0, 0.05) is 75.3 Å². The van der Waals surface area contributed by atoms with Crippen LogP contribution >= 0.6 is 0 Å². The first kappa shape index (κ1) is 76.0. The molecule has 0 radical (unpaired) electrons. The zero-order valence-corrected chi connectivity index (χ0v) is 49.2. The molecule has 480 valence electrons. The van der Waals surface area contributed by atoms with E-state index in [1.54, 1.807) is 0 Å². The van der Waals surface area contributed by atoms with Crippen molar-refractivity contribution in [2.24, 2.45) is 58.3 Å².